The topological polar surface area (TPSA) is 67.8 Å². The number of carbonyl (C=O) groups is 1. The fourth-order valence-electron chi connectivity index (χ4n) is 4.24. The molecule has 1 aliphatic carbocycles. The third-order valence-corrected chi connectivity index (χ3v) is 6.59. The highest BCUT2D eigenvalue weighted by molar-refractivity contribution is 7.94. The van der Waals surface area contributed by atoms with Crippen LogP contribution in [0.4, 0.5) is 4.39 Å². The van der Waals surface area contributed by atoms with Crippen LogP contribution in [-0.2, 0) is 11.3 Å². The lowest BCUT2D eigenvalue weighted by molar-refractivity contribution is -0.120. The molecule has 0 saturated carbocycles. The first-order valence-electron chi connectivity index (χ1n) is 11.0. The van der Waals surface area contributed by atoms with Gasteiger partial charge < -0.3 is 19.3 Å². The van der Waals surface area contributed by atoms with Crippen molar-refractivity contribution < 1.29 is 23.2 Å². The van der Waals surface area contributed by atoms with E-state index in [1.807, 2.05) is 43.3 Å². The van der Waals surface area contributed by atoms with Crippen molar-refractivity contribution in [3.05, 3.63) is 94.3 Å². The van der Waals surface area contributed by atoms with E-state index in [9.17, 15) is 13.7 Å². The minimum atomic E-state index is -0.354. The lowest BCUT2D eigenvalue weighted by Gasteiger charge is -2.12. The van der Waals surface area contributed by atoms with Crippen LogP contribution < -0.4 is 14.8 Å². The second-order valence-corrected chi connectivity index (χ2v) is 8.73. The van der Waals surface area contributed by atoms with Crippen LogP contribution in [0.25, 0.3) is 17.2 Å². The summed E-state index contributed by atoms with van der Waals surface area (Å²) in [6.07, 6.45) is 2.09. The van der Waals surface area contributed by atoms with Crippen LogP contribution >= 0.6 is 12.0 Å². The summed E-state index contributed by atoms with van der Waals surface area (Å²) in [5.74, 6) is 0.464. The number of benzene rings is 3. The molecule has 0 aromatic heterocycles. The van der Waals surface area contributed by atoms with Gasteiger partial charge in [-0.25, -0.2) is 4.39 Å². The number of ether oxygens (including phenoxy) is 2. The Bertz CT molecular complexity index is 1290. The quantitative estimate of drug-likeness (QED) is 0.355. The molecule has 0 radical (unpaired) electrons. The number of fused-ring (bicyclic) bond motifs is 1. The van der Waals surface area contributed by atoms with Gasteiger partial charge in [0.1, 0.15) is 22.2 Å². The highest BCUT2D eigenvalue weighted by Gasteiger charge is 2.26. The van der Waals surface area contributed by atoms with E-state index in [0.29, 0.717) is 40.5 Å². The van der Waals surface area contributed by atoms with Crippen LogP contribution in [0.15, 0.2) is 71.1 Å². The largest absolute Gasteiger partial charge is 0.495 e. The van der Waals surface area contributed by atoms with Crippen LogP contribution in [0.1, 0.15) is 35.6 Å². The lowest BCUT2D eigenvalue weighted by atomic mass is 10.0. The maximum Gasteiger partial charge on any atom is 0.224 e. The Labute approximate surface area is 208 Å². The molecule has 0 aliphatic heterocycles. The molecule has 2 N–H and O–H groups in total. The summed E-state index contributed by atoms with van der Waals surface area (Å²) in [4.78, 5) is 13.3. The number of allylic oxidation sites excluding steroid dienone is 2. The monoisotopic (exact) mass is 491 g/mol. The Balaban J connectivity index is 1.69. The number of methoxy groups -OCH3 is 2. The molecule has 1 amide bonds. The van der Waals surface area contributed by atoms with E-state index >= 15 is 0 Å². The first-order valence-corrected chi connectivity index (χ1v) is 11.8. The normalized spacial score (nSPS) is 13.7. The molecule has 4 rings (SSSR count). The third kappa shape index (κ3) is 5.26. The Morgan fingerprint density at radius 3 is 2.34 bits per heavy atom. The molecule has 0 spiro atoms. The van der Waals surface area contributed by atoms with Crippen molar-refractivity contribution >= 4 is 35.2 Å². The van der Waals surface area contributed by atoms with Crippen molar-refractivity contribution in [2.24, 2.45) is 0 Å². The Morgan fingerprint density at radius 2 is 1.71 bits per heavy atom. The molecular weight excluding hydrogens is 465 g/mol. The molecular formula is C28H26FNO4S. The van der Waals surface area contributed by atoms with Gasteiger partial charge in [-0.05, 0) is 76.2 Å². The van der Waals surface area contributed by atoms with Gasteiger partial charge in [0.05, 0.1) is 20.6 Å². The summed E-state index contributed by atoms with van der Waals surface area (Å²) in [6, 6.07) is 17.9. The van der Waals surface area contributed by atoms with Crippen molar-refractivity contribution in [1.29, 1.82) is 0 Å². The number of hydrogen-bond donors (Lipinski definition) is 2. The smallest absolute Gasteiger partial charge is 0.224 e. The fourth-order valence-corrected chi connectivity index (χ4v) is 4.71. The summed E-state index contributed by atoms with van der Waals surface area (Å²) in [5, 5.41) is 2.95. The molecule has 5 nitrogen and oxygen atoms in total. The van der Waals surface area contributed by atoms with Crippen LogP contribution in [0.3, 0.4) is 0 Å². The molecule has 0 saturated heterocycles. The number of rotatable bonds is 8. The summed E-state index contributed by atoms with van der Waals surface area (Å²) >= 11 is 0.557. The van der Waals surface area contributed by atoms with E-state index in [-0.39, 0.29) is 18.1 Å². The van der Waals surface area contributed by atoms with Gasteiger partial charge in [-0.3, -0.25) is 4.79 Å². The Hall–Kier alpha value is -3.55. The third-order valence-electron chi connectivity index (χ3n) is 6.01. The number of carbonyl (C=O) groups excluding carboxylic acids is 1. The molecule has 0 atom stereocenters. The van der Waals surface area contributed by atoms with E-state index in [4.69, 9.17) is 9.47 Å². The molecule has 0 unspecified atom stereocenters. The van der Waals surface area contributed by atoms with Crippen LogP contribution in [-0.4, -0.2) is 24.7 Å². The first-order chi connectivity index (χ1) is 16.9. The van der Waals surface area contributed by atoms with Gasteiger partial charge in [-0.15, -0.1) is 0 Å². The number of nitrogens with one attached hydrogen (secondary N) is 1. The average molecular weight is 492 g/mol. The van der Waals surface area contributed by atoms with Crippen molar-refractivity contribution in [3.8, 4) is 11.5 Å². The summed E-state index contributed by atoms with van der Waals surface area (Å²) < 4.78 is 34.7. The van der Waals surface area contributed by atoms with Gasteiger partial charge in [0.15, 0.2) is 0 Å². The van der Waals surface area contributed by atoms with Crippen LogP contribution in [0.5, 0.6) is 11.5 Å². The van der Waals surface area contributed by atoms with Crippen molar-refractivity contribution in [3.63, 3.8) is 0 Å². The molecule has 0 fully saturated rings. The number of hydrogen-bond acceptors (Lipinski definition) is 5. The van der Waals surface area contributed by atoms with Gasteiger partial charge in [0, 0.05) is 18.6 Å². The molecule has 3 aromatic carbocycles. The summed E-state index contributed by atoms with van der Waals surface area (Å²) in [5.41, 5.74) is 5.95. The van der Waals surface area contributed by atoms with Crippen molar-refractivity contribution in [2.45, 2.75) is 24.8 Å². The van der Waals surface area contributed by atoms with Crippen LogP contribution in [0, 0.1) is 5.82 Å². The standard InChI is InChI=1S/C28H26FNO4S/c1-17-22(11-19-12-25(33-2)28(35-32)26(13-19)34-3)21-10-9-20(29)14-24(21)23(17)15-27(31)30-16-18-7-5-4-6-8-18/h4-14,32H,15-16H2,1-3H3,(H,30,31)/b22-11-. The maximum atomic E-state index is 14.2. The van der Waals surface area contributed by atoms with E-state index in [2.05, 4.69) is 5.32 Å². The van der Waals surface area contributed by atoms with E-state index in [0.717, 1.165) is 33.4 Å². The second-order valence-electron chi connectivity index (χ2n) is 8.14. The minimum Gasteiger partial charge on any atom is -0.495 e. The average Bonchev–Trinajstić information content (AvgIpc) is 3.12. The molecule has 0 bridgehead atoms. The van der Waals surface area contributed by atoms with Gasteiger partial charge in [0.25, 0.3) is 0 Å². The van der Waals surface area contributed by atoms with Gasteiger partial charge in [0.2, 0.25) is 5.91 Å². The number of amides is 1. The highest BCUT2D eigenvalue weighted by Crippen LogP contribution is 2.45. The lowest BCUT2D eigenvalue weighted by Crippen LogP contribution is -2.22. The zero-order valence-corrected chi connectivity index (χ0v) is 20.5. The van der Waals surface area contributed by atoms with Gasteiger partial charge in [-0.2, -0.15) is 0 Å². The molecule has 1 aliphatic rings. The first kappa shape index (κ1) is 24.6. The highest BCUT2D eigenvalue weighted by atomic mass is 32.2. The molecule has 0 heterocycles. The Morgan fingerprint density at radius 1 is 1.03 bits per heavy atom. The predicted octanol–water partition coefficient (Wildman–Crippen LogP) is 6.44. The van der Waals surface area contributed by atoms with E-state index in [1.54, 1.807) is 18.2 Å². The SMILES string of the molecule is COc1cc(/C=C2/C(C)=C(CC(=O)NCc3ccccc3)c3cc(F)ccc32)cc(OC)c1SO. The zero-order valence-electron chi connectivity index (χ0n) is 19.7. The number of halogens is 1. The van der Waals surface area contributed by atoms with Gasteiger partial charge >= 0.3 is 0 Å². The van der Waals surface area contributed by atoms with E-state index < -0.39 is 0 Å². The summed E-state index contributed by atoms with van der Waals surface area (Å²) in [7, 11) is 3.05. The van der Waals surface area contributed by atoms with Crippen molar-refractivity contribution in [1.82, 2.24) is 5.32 Å². The minimum absolute atomic E-state index is 0.132. The van der Waals surface area contributed by atoms with Crippen LogP contribution in [0.2, 0.25) is 0 Å². The Kier molecular flexibility index (Phi) is 7.58. The molecule has 7 heteroatoms. The fraction of sp³-hybridized carbons (Fsp3) is 0.179. The molecule has 35 heavy (non-hydrogen) atoms. The molecule has 180 valence electrons. The zero-order chi connectivity index (χ0) is 24.9. The maximum absolute atomic E-state index is 14.2. The van der Waals surface area contributed by atoms with E-state index in [1.165, 1.54) is 26.4 Å². The van der Waals surface area contributed by atoms with Gasteiger partial charge in [-0.1, -0.05) is 36.4 Å². The molecule has 3 aromatic rings. The second kappa shape index (κ2) is 10.8. The van der Waals surface area contributed by atoms with Crippen molar-refractivity contribution in [2.75, 3.05) is 14.2 Å². The summed E-state index contributed by atoms with van der Waals surface area (Å²) in [6.45, 7) is 2.37. The predicted molar refractivity (Wildman–Crippen MR) is 138 cm³/mol.